The van der Waals surface area contributed by atoms with Crippen LogP contribution in [0.3, 0.4) is 0 Å². The van der Waals surface area contributed by atoms with Crippen molar-refractivity contribution in [3.05, 3.63) is 44.6 Å². The predicted octanol–water partition coefficient (Wildman–Crippen LogP) is 4.10. The van der Waals surface area contributed by atoms with Crippen molar-refractivity contribution in [2.24, 2.45) is 0 Å². The molecule has 0 aliphatic heterocycles. The summed E-state index contributed by atoms with van der Waals surface area (Å²) in [6.07, 6.45) is 0. The molecule has 0 unspecified atom stereocenters. The zero-order valence-corrected chi connectivity index (χ0v) is 14.7. The standard InChI is InChI=1S/C13H7Br2N3O3S/c14-6-4-8(16-10(6)15)11(19)18-13-17-7-2-1-5(12(20)21)3-9(7)22-13/h1-4,16H,(H,20,21)(H,17,18,19). The molecule has 22 heavy (non-hydrogen) atoms. The number of aromatic amines is 1. The van der Waals surface area contributed by atoms with E-state index < -0.39 is 5.97 Å². The van der Waals surface area contributed by atoms with E-state index in [-0.39, 0.29) is 11.5 Å². The number of carboxylic acid groups (broad SMARTS) is 1. The number of hydrogen-bond donors (Lipinski definition) is 3. The Morgan fingerprint density at radius 1 is 1.27 bits per heavy atom. The first-order valence-corrected chi connectivity index (χ1v) is 8.33. The van der Waals surface area contributed by atoms with Gasteiger partial charge in [-0.2, -0.15) is 0 Å². The van der Waals surface area contributed by atoms with Crippen LogP contribution in [0.15, 0.2) is 33.3 Å². The molecule has 0 aliphatic rings. The van der Waals surface area contributed by atoms with Crippen LogP contribution in [0.5, 0.6) is 0 Å². The largest absolute Gasteiger partial charge is 0.478 e. The second-order valence-electron chi connectivity index (χ2n) is 4.31. The Morgan fingerprint density at radius 2 is 2.05 bits per heavy atom. The van der Waals surface area contributed by atoms with Crippen LogP contribution in [0.1, 0.15) is 20.8 Å². The van der Waals surface area contributed by atoms with E-state index in [2.05, 4.69) is 47.1 Å². The summed E-state index contributed by atoms with van der Waals surface area (Å²) in [5, 5.41) is 12.1. The Balaban J connectivity index is 1.87. The lowest BCUT2D eigenvalue weighted by molar-refractivity contribution is 0.0697. The maximum Gasteiger partial charge on any atom is 0.335 e. The van der Waals surface area contributed by atoms with Gasteiger partial charge in [0.15, 0.2) is 5.13 Å². The monoisotopic (exact) mass is 443 g/mol. The number of amides is 1. The summed E-state index contributed by atoms with van der Waals surface area (Å²) in [6, 6.07) is 6.28. The number of aromatic carboxylic acids is 1. The molecule has 0 aliphatic carbocycles. The van der Waals surface area contributed by atoms with Gasteiger partial charge in [0.2, 0.25) is 0 Å². The van der Waals surface area contributed by atoms with Gasteiger partial charge in [0, 0.05) is 0 Å². The van der Waals surface area contributed by atoms with E-state index in [9.17, 15) is 9.59 Å². The Hall–Kier alpha value is -1.71. The Kier molecular flexibility index (Phi) is 4.02. The lowest BCUT2D eigenvalue weighted by Crippen LogP contribution is -2.11. The number of nitrogens with zero attached hydrogens (tertiary/aromatic N) is 1. The minimum atomic E-state index is -0.998. The molecule has 6 nitrogen and oxygen atoms in total. The number of hydrogen-bond acceptors (Lipinski definition) is 4. The number of benzene rings is 1. The molecule has 3 N–H and O–H groups in total. The summed E-state index contributed by atoms with van der Waals surface area (Å²) in [7, 11) is 0. The van der Waals surface area contributed by atoms with Crippen molar-refractivity contribution >= 4 is 70.4 Å². The molecule has 3 aromatic rings. The fourth-order valence-electron chi connectivity index (χ4n) is 1.80. The van der Waals surface area contributed by atoms with Crippen LogP contribution >= 0.6 is 43.2 Å². The number of carbonyl (C=O) groups excluding carboxylic acids is 1. The fourth-order valence-corrected chi connectivity index (χ4v) is 3.36. The second-order valence-corrected chi connectivity index (χ2v) is 6.98. The molecule has 0 saturated heterocycles. The summed E-state index contributed by atoms with van der Waals surface area (Å²) in [6.45, 7) is 0. The molecule has 3 rings (SSSR count). The average Bonchev–Trinajstić information content (AvgIpc) is 3.01. The highest BCUT2D eigenvalue weighted by Gasteiger charge is 2.14. The van der Waals surface area contributed by atoms with Gasteiger partial charge in [0.1, 0.15) is 5.69 Å². The van der Waals surface area contributed by atoms with E-state index in [0.717, 1.165) is 4.47 Å². The average molecular weight is 445 g/mol. The third-order valence-electron chi connectivity index (χ3n) is 2.83. The van der Waals surface area contributed by atoms with Gasteiger partial charge < -0.3 is 10.1 Å². The summed E-state index contributed by atoms with van der Waals surface area (Å²) >= 11 is 7.78. The van der Waals surface area contributed by atoms with Gasteiger partial charge >= 0.3 is 5.97 Å². The molecule has 2 heterocycles. The molecule has 0 fully saturated rings. The highest BCUT2D eigenvalue weighted by molar-refractivity contribution is 9.13. The van der Waals surface area contributed by atoms with Crippen LogP contribution < -0.4 is 5.32 Å². The number of H-pyrrole nitrogens is 1. The lowest BCUT2D eigenvalue weighted by atomic mass is 10.2. The molecule has 1 aromatic carbocycles. The zero-order valence-electron chi connectivity index (χ0n) is 10.7. The maximum absolute atomic E-state index is 12.1. The Morgan fingerprint density at radius 3 is 2.68 bits per heavy atom. The van der Waals surface area contributed by atoms with E-state index in [0.29, 0.717) is 25.6 Å². The van der Waals surface area contributed by atoms with Crippen LogP contribution in [0.4, 0.5) is 5.13 Å². The van der Waals surface area contributed by atoms with Crippen molar-refractivity contribution in [3.63, 3.8) is 0 Å². The number of fused-ring (bicyclic) bond motifs is 1. The molecule has 0 atom stereocenters. The van der Waals surface area contributed by atoms with Crippen molar-refractivity contribution < 1.29 is 14.7 Å². The van der Waals surface area contributed by atoms with Crippen molar-refractivity contribution in [2.75, 3.05) is 5.32 Å². The molecule has 0 bridgehead atoms. The molecule has 112 valence electrons. The first-order valence-electron chi connectivity index (χ1n) is 5.93. The molecule has 0 saturated carbocycles. The predicted molar refractivity (Wildman–Crippen MR) is 90.7 cm³/mol. The summed E-state index contributed by atoms with van der Waals surface area (Å²) in [5.74, 6) is -1.33. The molecule has 9 heteroatoms. The number of rotatable bonds is 3. The first-order chi connectivity index (χ1) is 10.4. The third kappa shape index (κ3) is 2.92. The SMILES string of the molecule is O=C(O)c1ccc2nc(NC(=O)c3cc(Br)c(Br)[nH]3)sc2c1. The van der Waals surface area contributed by atoms with Crippen LogP contribution in [0.25, 0.3) is 10.2 Å². The number of aromatic nitrogens is 2. The minimum Gasteiger partial charge on any atom is -0.478 e. The van der Waals surface area contributed by atoms with Crippen LogP contribution in [0.2, 0.25) is 0 Å². The molecule has 1 amide bonds. The molecule has 0 spiro atoms. The van der Waals surface area contributed by atoms with Gasteiger partial charge in [-0.3, -0.25) is 10.1 Å². The van der Waals surface area contributed by atoms with Crippen molar-refractivity contribution in [2.45, 2.75) is 0 Å². The summed E-state index contributed by atoms with van der Waals surface area (Å²) in [5.41, 5.74) is 1.20. The zero-order chi connectivity index (χ0) is 15.9. The van der Waals surface area contributed by atoms with Gasteiger partial charge in [-0.15, -0.1) is 0 Å². The minimum absolute atomic E-state index is 0.186. The lowest BCUT2D eigenvalue weighted by Gasteiger charge is -1.97. The first kappa shape index (κ1) is 15.2. The maximum atomic E-state index is 12.1. The topological polar surface area (TPSA) is 95.1 Å². The normalized spacial score (nSPS) is 10.8. The van der Waals surface area contributed by atoms with E-state index in [1.54, 1.807) is 12.1 Å². The van der Waals surface area contributed by atoms with E-state index in [4.69, 9.17) is 5.11 Å². The van der Waals surface area contributed by atoms with Gasteiger partial charge in [0.25, 0.3) is 5.91 Å². The number of carbonyl (C=O) groups is 2. The van der Waals surface area contributed by atoms with Crippen molar-refractivity contribution in [1.29, 1.82) is 0 Å². The summed E-state index contributed by atoms with van der Waals surface area (Å²) in [4.78, 5) is 30.2. The summed E-state index contributed by atoms with van der Waals surface area (Å²) < 4.78 is 2.12. The number of nitrogens with one attached hydrogen (secondary N) is 2. The van der Waals surface area contributed by atoms with Gasteiger partial charge in [-0.05, 0) is 56.1 Å². The third-order valence-corrected chi connectivity index (χ3v) is 5.54. The molecule has 0 radical (unpaired) electrons. The van der Waals surface area contributed by atoms with Crippen LogP contribution in [-0.2, 0) is 0 Å². The number of carboxylic acids is 1. The van der Waals surface area contributed by atoms with Crippen molar-refractivity contribution in [1.82, 2.24) is 9.97 Å². The fraction of sp³-hybridized carbons (Fsp3) is 0. The van der Waals surface area contributed by atoms with E-state index in [1.807, 2.05) is 0 Å². The highest BCUT2D eigenvalue weighted by atomic mass is 79.9. The Bertz CT molecular complexity index is 884. The quantitative estimate of drug-likeness (QED) is 0.566. The molecular formula is C13H7Br2N3O3S. The highest BCUT2D eigenvalue weighted by Crippen LogP contribution is 2.28. The van der Waals surface area contributed by atoms with Gasteiger partial charge in [0.05, 0.1) is 24.9 Å². The number of halogens is 2. The van der Waals surface area contributed by atoms with E-state index >= 15 is 0 Å². The Labute approximate surface area is 144 Å². The van der Waals surface area contributed by atoms with E-state index in [1.165, 1.54) is 23.5 Å². The van der Waals surface area contributed by atoms with Crippen LogP contribution in [0, 0.1) is 0 Å². The number of anilines is 1. The van der Waals surface area contributed by atoms with Crippen LogP contribution in [-0.4, -0.2) is 27.0 Å². The van der Waals surface area contributed by atoms with Gasteiger partial charge in [-0.25, -0.2) is 9.78 Å². The number of thiazole rings is 1. The second kappa shape index (κ2) is 5.82. The van der Waals surface area contributed by atoms with Crippen molar-refractivity contribution in [3.8, 4) is 0 Å². The molecule has 2 aromatic heterocycles. The molecular weight excluding hydrogens is 438 g/mol. The smallest absolute Gasteiger partial charge is 0.335 e. The van der Waals surface area contributed by atoms with Gasteiger partial charge in [-0.1, -0.05) is 11.3 Å².